The van der Waals surface area contributed by atoms with E-state index < -0.39 is 23.5 Å². The van der Waals surface area contributed by atoms with E-state index in [0.29, 0.717) is 31.3 Å². The Bertz CT molecular complexity index is 1370. The van der Waals surface area contributed by atoms with Crippen LogP contribution in [-0.2, 0) is 14.4 Å². The molecule has 3 aromatic rings. The van der Waals surface area contributed by atoms with Crippen molar-refractivity contribution >= 4 is 81.1 Å². The van der Waals surface area contributed by atoms with Crippen LogP contribution in [0.2, 0.25) is 10.0 Å². The molecule has 3 N–H and O–H groups in total. The van der Waals surface area contributed by atoms with Crippen LogP contribution >= 0.6 is 45.8 Å². The third-order valence-corrected chi connectivity index (χ3v) is 6.15. The topological polar surface area (TPSA) is 118 Å². The number of rotatable bonds is 8. The summed E-state index contributed by atoms with van der Waals surface area (Å²) in [6.07, 6.45) is 1.27. The molecule has 37 heavy (non-hydrogen) atoms. The molecule has 0 fully saturated rings. The Balaban J connectivity index is 1.60. The maximum absolute atomic E-state index is 13.6. The van der Waals surface area contributed by atoms with Gasteiger partial charge in [0.2, 0.25) is 0 Å². The molecule has 0 unspecified atom stereocenters. The summed E-state index contributed by atoms with van der Waals surface area (Å²) >= 11 is 14.0. The lowest BCUT2D eigenvalue weighted by atomic mass is 10.2. The summed E-state index contributed by atoms with van der Waals surface area (Å²) in [5.41, 5.74) is 2.78. The molecule has 9 nitrogen and oxygen atoms in total. The quantitative estimate of drug-likeness (QED) is 0.138. The average Bonchev–Trinajstić information content (AvgIpc) is 2.87. The van der Waals surface area contributed by atoms with Gasteiger partial charge in [0.1, 0.15) is 5.82 Å². The monoisotopic (exact) mass is 658 g/mol. The molecule has 3 aromatic carbocycles. The number of nitrogens with zero attached hydrogens (tertiary/aromatic N) is 1. The lowest BCUT2D eigenvalue weighted by molar-refractivity contribution is -0.136. The van der Waals surface area contributed by atoms with E-state index >= 15 is 0 Å². The molecular weight excluding hydrogens is 641 g/mol. The number of hydrogen-bond acceptors (Lipinski definition) is 6. The fourth-order valence-electron chi connectivity index (χ4n) is 2.84. The fourth-order valence-corrected chi connectivity index (χ4v) is 3.97. The van der Waals surface area contributed by atoms with Gasteiger partial charge in [-0.05, 0) is 64.6 Å². The molecule has 3 amide bonds. The van der Waals surface area contributed by atoms with Crippen LogP contribution in [0.4, 0.5) is 15.8 Å². The molecular formula is C24H18Cl2FIN4O5. The largest absolute Gasteiger partial charge is 0.493 e. The van der Waals surface area contributed by atoms with Gasteiger partial charge in [-0.15, -0.1) is 0 Å². The van der Waals surface area contributed by atoms with Crippen molar-refractivity contribution in [3.63, 3.8) is 0 Å². The lowest BCUT2D eigenvalue weighted by Gasteiger charge is -2.14. The summed E-state index contributed by atoms with van der Waals surface area (Å²) in [4.78, 5) is 36.2. The molecule has 0 aliphatic rings. The summed E-state index contributed by atoms with van der Waals surface area (Å²) in [7, 11) is 1.42. The molecule has 0 aliphatic heterocycles. The zero-order chi connectivity index (χ0) is 26.9. The van der Waals surface area contributed by atoms with Crippen LogP contribution in [0.5, 0.6) is 11.5 Å². The van der Waals surface area contributed by atoms with Crippen molar-refractivity contribution in [1.29, 1.82) is 0 Å². The summed E-state index contributed by atoms with van der Waals surface area (Å²) in [6, 6.07) is 13.5. The van der Waals surface area contributed by atoms with E-state index in [9.17, 15) is 18.8 Å². The van der Waals surface area contributed by atoms with E-state index in [4.69, 9.17) is 32.7 Å². The predicted molar refractivity (Wildman–Crippen MR) is 147 cm³/mol. The van der Waals surface area contributed by atoms with Gasteiger partial charge in [0, 0.05) is 0 Å². The summed E-state index contributed by atoms with van der Waals surface area (Å²) in [5.74, 6) is -2.72. The first-order chi connectivity index (χ1) is 17.7. The zero-order valence-corrected chi connectivity index (χ0v) is 22.7. The van der Waals surface area contributed by atoms with Crippen LogP contribution in [0, 0.1) is 9.39 Å². The third-order valence-electron chi connectivity index (χ3n) is 4.53. The zero-order valence-electron chi connectivity index (χ0n) is 19.0. The number of carbonyl (C=O) groups is 3. The first kappa shape index (κ1) is 28.2. The van der Waals surface area contributed by atoms with E-state index in [1.54, 1.807) is 30.3 Å². The second-order valence-electron chi connectivity index (χ2n) is 7.11. The van der Waals surface area contributed by atoms with E-state index in [0.717, 1.165) is 6.07 Å². The SMILES string of the molecule is COc1cc(/C=N\NC(=O)C(=O)Nc2ccccc2F)cc(I)c1OCC(=O)Nc1cccc(Cl)c1Cl. The van der Waals surface area contributed by atoms with Gasteiger partial charge < -0.3 is 20.1 Å². The highest BCUT2D eigenvalue weighted by Gasteiger charge is 2.16. The molecule has 0 heterocycles. The second kappa shape index (κ2) is 13.2. The Morgan fingerprint density at radius 1 is 1.03 bits per heavy atom. The van der Waals surface area contributed by atoms with Crippen molar-refractivity contribution in [3.05, 3.63) is 79.6 Å². The lowest BCUT2D eigenvalue weighted by Crippen LogP contribution is -2.32. The molecule has 0 bridgehead atoms. The summed E-state index contributed by atoms with van der Waals surface area (Å²) < 4.78 is 25.2. The minimum absolute atomic E-state index is 0.133. The molecule has 0 saturated carbocycles. The van der Waals surface area contributed by atoms with Crippen molar-refractivity contribution in [3.8, 4) is 11.5 Å². The van der Waals surface area contributed by atoms with Gasteiger partial charge in [0.05, 0.1) is 38.3 Å². The molecule has 0 radical (unpaired) electrons. The van der Waals surface area contributed by atoms with Crippen LogP contribution < -0.4 is 25.5 Å². The van der Waals surface area contributed by atoms with Gasteiger partial charge in [0.15, 0.2) is 18.1 Å². The molecule has 3 rings (SSSR count). The number of amides is 3. The van der Waals surface area contributed by atoms with Gasteiger partial charge in [-0.2, -0.15) is 5.10 Å². The Hall–Kier alpha value is -3.42. The maximum atomic E-state index is 13.6. The summed E-state index contributed by atoms with van der Waals surface area (Å²) in [5, 5.41) is 9.03. The third kappa shape index (κ3) is 7.78. The number of para-hydroxylation sites is 1. The number of benzene rings is 3. The van der Waals surface area contributed by atoms with Crippen molar-refractivity contribution in [1.82, 2.24) is 5.43 Å². The molecule has 0 spiro atoms. The number of ether oxygens (including phenoxy) is 2. The second-order valence-corrected chi connectivity index (χ2v) is 9.05. The highest BCUT2D eigenvalue weighted by molar-refractivity contribution is 14.1. The van der Waals surface area contributed by atoms with Crippen LogP contribution in [-0.4, -0.2) is 37.7 Å². The maximum Gasteiger partial charge on any atom is 0.329 e. The summed E-state index contributed by atoms with van der Waals surface area (Å²) in [6.45, 7) is -0.337. The van der Waals surface area contributed by atoms with Gasteiger partial charge in [0.25, 0.3) is 5.91 Å². The van der Waals surface area contributed by atoms with E-state index in [2.05, 4.69) is 21.2 Å². The first-order valence-electron chi connectivity index (χ1n) is 10.3. The Labute approximate surface area is 234 Å². The highest BCUT2D eigenvalue weighted by atomic mass is 127. The molecule has 0 atom stereocenters. The average molecular weight is 659 g/mol. The van der Waals surface area contributed by atoms with Crippen LogP contribution in [0.1, 0.15) is 5.56 Å². The van der Waals surface area contributed by atoms with Crippen molar-refractivity contribution in [2.45, 2.75) is 0 Å². The number of hydrogen-bond donors (Lipinski definition) is 3. The molecule has 0 aromatic heterocycles. The normalized spacial score (nSPS) is 10.6. The molecule has 13 heteroatoms. The number of carbonyl (C=O) groups excluding carboxylic acids is 3. The minimum Gasteiger partial charge on any atom is -0.493 e. The standard InChI is InChI=1S/C24H18Cl2FIN4O5/c1-36-19-10-13(11-29-32-24(35)23(34)31-17-7-3-2-6-15(17)27)9-16(28)22(19)37-12-20(33)30-18-8-4-5-14(25)21(18)26/h2-11H,12H2,1H3,(H,30,33)(H,31,34)(H,32,35)/b29-11-. The number of nitrogens with one attached hydrogen (secondary N) is 3. The number of hydrazone groups is 1. The Kier molecular flexibility index (Phi) is 10.1. The van der Waals surface area contributed by atoms with E-state index in [1.165, 1.54) is 31.5 Å². The van der Waals surface area contributed by atoms with Gasteiger partial charge in [-0.25, -0.2) is 9.82 Å². The van der Waals surface area contributed by atoms with Crippen molar-refractivity contribution in [2.24, 2.45) is 5.10 Å². The van der Waals surface area contributed by atoms with E-state index in [1.807, 2.05) is 22.6 Å². The molecule has 0 saturated heterocycles. The fraction of sp³-hybridized carbons (Fsp3) is 0.0833. The smallest absolute Gasteiger partial charge is 0.329 e. The molecule has 0 aliphatic carbocycles. The Morgan fingerprint density at radius 3 is 2.49 bits per heavy atom. The van der Waals surface area contributed by atoms with Crippen molar-refractivity contribution < 1.29 is 28.2 Å². The van der Waals surface area contributed by atoms with Gasteiger partial charge >= 0.3 is 11.8 Å². The van der Waals surface area contributed by atoms with Crippen LogP contribution in [0.15, 0.2) is 59.7 Å². The minimum atomic E-state index is -1.09. The van der Waals surface area contributed by atoms with Crippen LogP contribution in [0.3, 0.4) is 0 Å². The first-order valence-corrected chi connectivity index (χ1v) is 12.2. The van der Waals surface area contributed by atoms with Gasteiger partial charge in [-0.3, -0.25) is 14.4 Å². The van der Waals surface area contributed by atoms with Gasteiger partial charge in [-0.1, -0.05) is 41.4 Å². The van der Waals surface area contributed by atoms with Crippen LogP contribution in [0.25, 0.3) is 0 Å². The predicted octanol–water partition coefficient (Wildman–Crippen LogP) is 4.85. The van der Waals surface area contributed by atoms with E-state index in [-0.39, 0.29) is 17.3 Å². The number of methoxy groups -OCH3 is 1. The number of anilines is 2. The molecule has 192 valence electrons. The Morgan fingerprint density at radius 2 is 1.76 bits per heavy atom. The number of halogens is 4. The van der Waals surface area contributed by atoms with Crippen molar-refractivity contribution in [2.75, 3.05) is 24.4 Å². The highest BCUT2D eigenvalue weighted by Crippen LogP contribution is 2.34.